The minimum atomic E-state index is -0.683. The molecule has 0 spiro atoms. The third kappa shape index (κ3) is 4.61. The summed E-state index contributed by atoms with van der Waals surface area (Å²) in [6.45, 7) is 2.04. The number of rotatable bonds is 7. The molecule has 0 saturated heterocycles. The second-order valence-electron chi connectivity index (χ2n) is 4.39. The summed E-state index contributed by atoms with van der Waals surface area (Å²) < 4.78 is 0. The van der Waals surface area contributed by atoms with Crippen LogP contribution in [0.1, 0.15) is 38.5 Å². The van der Waals surface area contributed by atoms with Gasteiger partial charge in [0.25, 0.3) is 0 Å². The van der Waals surface area contributed by atoms with E-state index in [0.717, 1.165) is 25.4 Å². The molecule has 0 aliphatic heterocycles. The molecule has 0 radical (unpaired) electrons. The van der Waals surface area contributed by atoms with Crippen molar-refractivity contribution < 1.29 is 9.90 Å². The van der Waals surface area contributed by atoms with E-state index >= 15 is 0 Å². The zero-order valence-electron chi connectivity index (χ0n) is 9.04. The maximum Gasteiger partial charge on any atom is 0.303 e. The molecule has 0 atom stereocenters. The molecule has 0 aromatic carbocycles. The van der Waals surface area contributed by atoms with Gasteiger partial charge < -0.3 is 10.0 Å². The highest BCUT2D eigenvalue weighted by Gasteiger charge is 2.17. The average molecular weight is 199 g/mol. The molecule has 0 aromatic heterocycles. The van der Waals surface area contributed by atoms with E-state index in [9.17, 15) is 4.79 Å². The summed E-state index contributed by atoms with van der Waals surface area (Å²) in [6, 6.07) is 0. The largest absolute Gasteiger partial charge is 0.481 e. The molecule has 14 heavy (non-hydrogen) atoms. The van der Waals surface area contributed by atoms with E-state index in [1.54, 1.807) is 0 Å². The molecule has 1 aliphatic rings. The van der Waals surface area contributed by atoms with Crippen molar-refractivity contribution in [3.05, 3.63) is 0 Å². The third-order valence-electron chi connectivity index (χ3n) is 3.07. The molecule has 3 heteroatoms. The Bertz CT molecular complexity index is 178. The fourth-order valence-corrected chi connectivity index (χ4v) is 1.80. The van der Waals surface area contributed by atoms with Crippen LogP contribution < -0.4 is 0 Å². The smallest absolute Gasteiger partial charge is 0.303 e. The Kier molecular flexibility index (Phi) is 4.94. The summed E-state index contributed by atoms with van der Waals surface area (Å²) >= 11 is 0. The minimum absolute atomic E-state index is 0.299. The Balaban J connectivity index is 1.92. The van der Waals surface area contributed by atoms with Crippen LogP contribution in [-0.4, -0.2) is 36.1 Å². The topological polar surface area (TPSA) is 40.5 Å². The first kappa shape index (κ1) is 11.5. The van der Waals surface area contributed by atoms with Crippen molar-refractivity contribution in [3.8, 4) is 0 Å². The predicted octanol–water partition coefficient (Wildman–Crippen LogP) is 1.97. The van der Waals surface area contributed by atoms with Crippen LogP contribution in [0.2, 0.25) is 0 Å². The van der Waals surface area contributed by atoms with Crippen molar-refractivity contribution in [3.63, 3.8) is 0 Å². The van der Waals surface area contributed by atoms with Gasteiger partial charge >= 0.3 is 5.97 Å². The normalized spacial score (nSPS) is 17.0. The number of carboxylic acids is 1. The van der Waals surface area contributed by atoms with Crippen molar-refractivity contribution >= 4 is 5.97 Å². The lowest BCUT2D eigenvalue weighted by Crippen LogP contribution is -2.25. The number of carboxylic acid groups (broad SMARTS) is 1. The van der Waals surface area contributed by atoms with Crippen LogP contribution in [-0.2, 0) is 4.79 Å². The third-order valence-corrected chi connectivity index (χ3v) is 3.07. The van der Waals surface area contributed by atoms with Gasteiger partial charge in [-0.25, -0.2) is 0 Å². The molecule has 1 rings (SSSR count). The summed E-state index contributed by atoms with van der Waals surface area (Å²) in [7, 11) is 2.08. The van der Waals surface area contributed by atoms with Gasteiger partial charge in [-0.3, -0.25) is 4.79 Å². The molecule has 3 nitrogen and oxygen atoms in total. The molecule has 82 valence electrons. The molecule has 1 saturated carbocycles. The highest BCUT2D eigenvalue weighted by atomic mass is 16.4. The van der Waals surface area contributed by atoms with Crippen LogP contribution in [0.5, 0.6) is 0 Å². The first-order valence-corrected chi connectivity index (χ1v) is 5.59. The Morgan fingerprint density at radius 3 is 2.64 bits per heavy atom. The zero-order valence-corrected chi connectivity index (χ0v) is 9.04. The van der Waals surface area contributed by atoms with Crippen LogP contribution in [0.25, 0.3) is 0 Å². The van der Waals surface area contributed by atoms with E-state index in [1.807, 2.05) is 0 Å². The van der Waals surface area contributed by atoms with E-state index < -0.39 is 5.97 Å². The van der Waals surface area contributed by atoms with Gasteiger partial charge in [-0.15, -0.1) is 0 Å². The van der Waals surface area contributed by atoms with Crippen molar-refractivity contribution in [2.45, 2.75) is 38.5 Å². The highest BCUT2D eigenvalue weighted by Crippen LogP contribution is 2.29. The van der Waals surface area contributed by atoms with Gasteiger partial charge in [0.1, 0.15) is 0 Å². The second kappa shape index (κ2) is 6.02. The number of hydrogen-bond acceptors (Lipinski definition) is 2. The predicted molar refractivity (Wildman–Crippen MR) is 56.3 cm³/mol. The Hall–Kier alpha value is -0.570. The summed E-state index contributed by atoms with van der Waals surface area (Å²) in [5.41, 5.74) is 0. The Labute approximate surface area is 86.1 Å². The monoisotopic (exact) mass is 199 g/mol. The van der Waals surface area contributed by atoms with Crippen molar-refractivity contribution in [2.24, 2.45) is 5.92 Å². The maximum absolute atomic E-state index is 10.3. The molecule has 1 aliphatic carbocycles. The molecule has 0 bridgehead atoms. The van der Waals surface area contributed by atoms with E-state index in [1.165, 1.54) is 25.7 Å². The molecule has 1 fully saturated rings. The minimum Gasteiger partial charge on any atom is -0.481 e. The highest BCUT2D eigenvalue weighted by molar-refractivity contribution is 5.66. The lowest BCUT2D eigenvalue weighted by atomic mass is 9.83. The summed E-state index contributed by atoms with van der Waals surface area (Å²) in [4.78, 5) is 12.5. The SMILES string of the molecule is CN(CCCC(=O)O)CCC1CCC1. The van der Waals surface area contributed by atoms with Gasteiger partial charge in [-0.2, -0.15) is 0 Å². The molecule has 0 aromatic rings. The summed E-state index contributed by atoms with van der Waals surface area (Å²) in [5.74, 6) is 0.273. The molecule has 0 amide bonds. The van der Waals surface area contributed by atoms with E-state index in [4.69, 9.17) is 5.11 Å². The number of aliphatic carboxylic acids is 1. The van der Waals surface area contributed by atoms with Crippen LogP contribution in [0, 0.1) is 5.92 Å². The average Bonchev–Trinajstić information content (AvgIpc) is 2.00. The quantitative estimate of drug-likeness (QED) is 0.681. The lowest BCUT2D eigenvalue weighted by molar-refractivity contribution is -0.137. The van der Waals surface area contributed by atoms with Gasteiger partial charge in [-0.05, 0) is 38.9 Å². The van der Waals surface area contributed by atoms with Crippen LogP contribution in [0.15, 0.2) is 0 Å². The van der Waals surface area contributed by atoms with Crippen LogP contribution >= 0.6 is 0 Å². The van der Waals surface area contributed by atoms with Gasteiger partial charge in [0.15, 0.2) is 0 Å². The van der Waals surface area contributed by atoms with Crippen molar-refractivity contribution in [2.75, 3.05) is 20.1 Å². The van der Waals surface area contributed by atoms with Gasteiger partial charge in [0, 0.05) is 6.42 Å². The van der Waals surface area contributed by atoms with Crippen LogP contribution in [0.3, 0.4) is 0 Å². The van der Waals surface area contributed by atoms with E-state index in [2.05, 4.69) is 11.9 Å². The van der Waals surface area contributed by atoms with Crippen LogP contribution in [0.4, 0.5) is 0 Å². The van der Waals surface area contributed by atoms with E-state index in [-0.39, 0.29) is 0 Å². The van der Waals surface area contributed by atoms with Gasteiger partial charge in [-0.1, -0.05) is 19.3 Å². The fraction of sp³-hybridized carbons (Fsp3) is 0.909. The van der Waals surface area contributed by atoms with Crippen molar-refractivity contribution in [1.29, 1.82) is 0 Å². The number of nitrogens with zero attached hydrogens (tertiary/aromatic N) is 1. The number of hydrogen-bond donors (Lipinski definition) is 1. The van der Waals surface area contributed by atoms with Gasteiger partial charge in [0.2, 0.25) is 0 Å². The zero-order chi connectivity index (χ0) is 10.4. The molecule has 0 unspecified atom stereocenters. The first-order chi connectivity index (χ1) is 6.68. The summed E-state index contributed by atoms with van der Waals surface area (Å²) in [5, 5.41) is 8.47. The molecule has 1 N–H and O–H groups in total. The van der Waals surface area contributed by atoms with Crippen molar-refractivity contribution in [1.82, 2.24) is 4.90 Å². The van der Waals surface area contributed by atoms with Gasteiger partial charge in [0.05, 0.1) is 0 Å². The molecule has 0 heterocycles. The standard InChI is InChI=1S/C11H21NO2/c1-12(8-3-6-11(13)14)9-7-10-4-2-5-10/h10H,2-9H2,1H3,(H,13,14). The first-order valence-electron chi connectivity index (χ1n) is 5.59. The number of carbonyl (C=O) groups is 1. The summed E-state index contributed by atoms with van der Waals surface area (Å²) in [6.07, 6.45) is 6.59. The maximum atomic E-state index is 10.3. The fourth-order valence-electron chi connectivity index (χ4n) is 1.80. The lowest BCUT2D eigenvalue weighted by Gasteiger charge is -2.27. The Morgan fingerprint density at radius 1 is 1.43 bits per heavy atom. The Morgan fingerprint density at radius 2 is 2.14 bits per heavy atom. The molecular formula is C11H21NO2. The molecular weight excluding hydrogens is 178 g/mol. The second-order valence-corrected chi connectivity index (χ2v) is 4.39. The van der Waals surface area contributed by atoms with E-state index in [0.29, 0.717) is 6.42 Å².